The maximum Gasteiger partial charge on any atom is 0.294 e. The Morgan fingerprint density at radius 1 is 1.12 bits per heavy atom. The zero-order valence-corrected chi connectivity index (χ0v) is 14.3. The smallest absolute Gasteiger partial charge is 0.294 e. The minimum Gasteiger partial charge on any atom is -0.308 e. The SMILES string of the molecule is O=C(NC1=NN(Cc2ccccc2)C(=O)C1)c1ccc(S(=O)(=O)O)cc1. The van der Waals surface area contributed by atoms with Gasteiger partial charge in [-0.05, 0) is 29.8 Å². The Morgan fingerprint density at radius 3 is 2.38 bits per heavy atom. The summed E-state index contributed by atoms with van der Waals surface area (Å²) < 4.78 is 31.0. The predicted octanol–water partition coefficient (Wildman–Crippen LogP) is 1.41. The minimum atomic E-state index is -4.32. The van der Waals surface area contributed by atoms with E-state index in [4.69, 9.17) is 4.55 Å². The Hall–Kier alpha value is -3.04. The summed E-state index contributed by atoms with van der Waals surface area (Å²) in [6.07, 6.45) is -0.0261. The first-order chi connectivity index (χ1) is 12.3. The first-order valence-electron chi connectivity index (χ1n) is 7.63. The third-order valence-electron chi connectivity index (χ3n) is 3.70. The molecule has 0 bridgehead atoms. The van der Waals surface area contributed by atoms with Crippen LogP contribution in [0.2, 0.25) is 0 Å². The maximum atomic E-state index is 12.2. The van der Waals surface area contributed by atoms with E-state index in [2.05, 4.69) is 10.4 Å². The predicted molar refractivity (Wildman–Crippen MR) is 92.8 cm³/mol. The Balaban J connectivity index is 1.67. The zero-order valence-electron chi connectivity index (χ0n) is 13.5. The van der Waals surface area contributed by atoms with Crippen molar-refractivity contribution in [2.24, 2.45) is 5.10 Å². The quantitative estimate of drug-likeness (QED) is 0.786. The fourth-order valence-corrected chi connectivity index (χ4v) is 2.88. The number of carbonyl (C=O) groups is 2. The van der Waals surface area contributed by atoms with Gasteiger partial charge in [-0.3, -0.25) is 14.1 Å². The van der Waals surface area contributed by atoms with Crippen LogP contribution in [0, 0.1) is 0 Å². The molecule has 26 heavy (non-hydrogen) atoms. The molecule has 0 aliphatic carbocycles. The van der Waals surface area contributed by atoms with Crippen molar-refractivity contribution in [3.63, 3.8) is 0 Å². The third-order valence-corrected chi connectivity index (χ3v) is 4.56. The highest BCUT2D eigenvalue weighted by atomic mass is 32.2. The highest BCUT2D eigenvalue weighted by Gasteiger charge is 2.25. The minimum absolute atomic E-state index is 0.0261. The van der Waals surface area contributed by atoms with Crippen molar-refractivity contribution in [3.8, 4) is 0 Å². The molecule has 1 aliphatic heterocycles. The lowest BCUT2D eigenvalue weighted by molar-refractivity contribution is -0.129. The Kier molecular flexibility index (Phi) is 4.83. The van der Waals surface area contributed by atoms with Gasteiger partial charge in [0, 0.05) is 5.56 Å². The number of hydrazone groups is 1. The summed E-state index contributed by atoms with van der Waals surface area (Å²) >= 11 is 0. The second-order valence-corrected chi connectivity index (χ2v) is 7.04. The number of carbonyl (C=O) groups excluding carboxylic acids is 2. The standard InChI is InChI=1S/C17H15N3O5S/c21-16-10-15(19-20(16)11-12-4-2-1-3-5-12)18-17(22)13-6-8-14(9-7-13)26(23,24)25/h1-9H,10-11H2,(H,18,19,22)(H,23,24,25). The first-order valence-corrected chi connectivity index (χ1v) is 9.07. The number of nitrogens with one attached hydrogen (secondary N) is 1. The van der Waals surface area contributed by atoms with Crippen LogP contribution in [0.3, 0.4) is 0 Å². The lowest BCUT2D eigenvalue weighted by atomic mass is 10.2. The first kappa shape index (κ1) is 17.8. The zero-order chi connectivity index (χ0) is 18.7. The van der Waals surface area contributed by atoms with E-state index in [1.165, 1.54) is 17.1 Å². The number of rotatable bonds is 4. The number of hydrogen-bond donors (Lipinski definition) is 2. The van der Waals surface area contributed by atoms with E-state index in [-0.39, 0.29) is 28.6 Å². The number of amides is 2. The van der Waals surface area contributed by atoms with E-state index in [1.54, 1.807) is 0 Å². The average molecular weight is 373 g/mol. The molecule has 1 aliphatic rings. The Labute approximate surface area is 149 Å². The molecule has 1 heterocycles. The Bertz CT molecular complexity index is 969. The van der Waals surface area contributed by atoms with Gasteiger partial charge in [0.15, 0.2) is 0 Å². The van der Waals surface area contributed by atoms with Crippen LogP contribution >= 0.6 is 0 Å². The van der Waals surface area contributed by atoms with E-state index in [0.29, 0.717) is 6.54 Å². The van der Waals surface area contributed by atoms with Crippen molar-refractivity contribution in [3.05, 3.63) is 65.7 Å². The van der Waals surface area contributed by atoms with Crippen molar-refractivity contribution >= 4 is 27.8 Å². The topological polar surface area (TPSA) is 116 Å². The lowest BCUT2D eigenvalue weighted by Crippen LogP contribution is -2.29. The van der Waals surface area contributed by atoms with Gasteiger partial charge in [0.25, 0.3) is 21.9 Å². The van der Waals surface area contributed by atoms with Gasteiger partial charge in [-0.25, -0.2) is 5.01 Å². The molecule has 9 heteroatoms. The van der Waals surface area contributed by atoms with Crippen LogP contribution in [-0.2, 0) is 21.5 Å². The molecule has 8 nitrogen and oxygen atoms in total. The van der Waals surface area contributed by atoms with Gasteiger partial charge in [-0.2, -0.15) is 13.5 Å². The van der Waals surface area contributed by atoms with Gasteiger partial charge >= 0.3 is 0 Å². The number of benzene rings is 2. The van der Waals surface area contributed by atoms with E-state index >= 15 is 0 Å². The molecule has 0 atom stereocenters. The summed E-state index contributed by atoms with van der Waals surface area (Å²) in [6, 6.07) is 14.1. The van der Waals surface area contributed by atoms with Crippen LogP contribution in [0.4, 0.5) is 0 Å². The summed E-state index contributed by atoms with van der Waals surface area (Å²) in [5.74, 6) is -0.541. The van der Waals surface area contributed by atoms with Crippen LogP contribution in [0.15, 0.2) is 64.6 Å². The fraction of sp³-hybridized carbons (Fsp3) is 0.118. The normalized spacial score (nSPS) is 14.3. The van der Waals surface area contributed by atoms with Gasteiger partial charge in [0.1, 0.15) is 5.84 Å². The highest BCUT2D eigenvalue weighted by molar-refractivity contribution is 7.85. The van der Waals surface area contributed by atoms with Gasteiger partial charge < -0.3 is 5.32 Å². The van der Waals surface area contributed by atoms with E-state index in [1.807, 2.05) is 30.3 Å². The molecule has 0 spiro atoms. The molecule has 0 saturated carbocycles. The molecule has 0 radical (unpaired) electrons. The van der Waals surface area contributed by atoms with E-state index in [9.17, 15) is 18.0 Å². The average Bonchev–Trinajstić information content (AvgIpc) is 2.94. The lowest BCUT2D eigenvalue weighted by Gasteiger charge is -2.10. The molecular formula is C17H15N3O5S. The van der Waals surface area contributed by atoms with Gasteiger partial charge in [0.2, 0.25) is 0 Å². The van der Waals surface area contributed by atoms with Crippen LogP contribution in [0.5, 0.6) is 0 Å². The summed E-state index contributed by atoms with van der Waals surface area (Å²) in [5, 5.41) is 7.94. The third kappa shape index (κ3) is 4.13. The molecule has 0 unspecified atom stereocenters. The van der Waals surface area contributed by atoms with Crippen LogP contribution in [0.25, 0.3) is 0 Å². The molecule has 0 fully saturated rings. The van der Waals surface area contributed by atoms with Crippen molar-refractivity contribution < 1.29 is 22.6 Å². The second-order valence-electron chi connectivity index (χ2n) is 5.61. The van der Waals surface area contributed by atoms with Crippen LogP contribution in [0.1, 0.15) is 22.3 Å². The van der Waals surface area contributed by atoms with Gasteiger partial charge in [-0.15, -0.1) is 0 Å². The number of amidine groups is 1. The largest absolute Gasteiger partial charge is 0.308 e. The highest BCUT2D eigenvalue weighted by Crippen LogP contribution is 2.14. The molecule has 2 aromatic rings. The van der Waals surface area contributed by atoms with Gasteiger partial charge in [0.05, 0.1) is 17.9 Å². The van der Waals surface area contributed by atoms with Crippen molar-refractivity contribution in [1.29, 1.82) is 0 Å². The van der Waals surface area contributed by atoms with Crippen molar-refractivity contribution in [2.75, 3.05) is 0 Å². The van der Waals surface area contributed by atoms with Crippen LogP contribution in [-0.4, -0.2) is 35.6 Å². The van der Waals surface area contributed by atoms with E-state index in [0.717, 1.165) is 17.7 Å². The molecule has 0 saturated heterocycles. The fourth-order valence-electron chi connectivity index (χ4n) is 2.40. The molecule has 2 amide bonds. The monoisotopic (exact) mass is 373 g/mol. The number of nitrogens with zero attached hydrogens (tertiary/aromatic N) is 2. The molecule has 3 rings (SSSR count). The molecule has 2 N–H and O–H groups in total. The summed E-state index contributed by atoms with van der Waals surface area (Å²) in [6.45, 7) is 0.308. The number of hydrogen-bond acceptors (Lipinski definition) is 5. The van der Waals surface area contributed by atoms with Crippen LogP contribution < -0.4 is 5.32 Å². The van der Waals surface area contributed by atoms with Crippen molar-refractivity contribution in [1.82, 2.24) is 10.3 Å². The second kappa shape index (κ2) is 7.06. The molecule has 0 aromatic heterocycles. The molecule has 134 valence electrons. The summed E-state index contributed by atoms with van der Waals surface area (Å²) in [4.78, 5) is 23.9. The van der Waals surface area contributed by atoms with E-state index < -0.39 is 16.0 Å². The Morgan fingerprint density at radius 2 is 1.77 bits per heavy atom. The maximum absolute atomic E-state index is 12.2. The molecular weight excluding hydrogens is 358 g/mol. The summed E-state index contributed by atoms with van der Waals surface area (Å²) in [7, 11) is -4.32. The summed E-state index contributed by atoms with van der Waals surface area (Å²) in [5.41, 5.74) is 1.09. The van der Waals surface area contributed by atoms with Crippen molar-refractivity contribution in [2.45, 2.75) is 17.9 Å². The molecule has 2 aromatic carbocycles. The van der Waals surface area contributed by atoms with Gasteiger partial charge in [-0.1, -0.05) is 30.3 Å².